The molecular weight excluding hydrogens is 200 g/mol. The Morgan fingerprint density at radius 3 is 3.19 bits per heavy atom. The van der Waals surface area contributed by atoms with Crippen molar-refractivity contribution in [3.63, 3.8) is 0 Å². The minimum absolute atomic E-state index is 0.0956. The molecule has 0 saturated heterocycles. The SMILES string of the molecule is CCCC(=O)Nc1ccc2c(c1)NCCC2. The average molecular weight is 218 g/mol. The molecular formula is C13H18N2O. The summed E-state index contributed by atoms with van der Waals surface area (Å²) < 4.78 is 0. The number of anilines is 2. The first kappa shape index (κ1) is 11.0. The first-order valence-electron chi connectivity index (χ1n) is 5.96. The Labute approximate surface area is 96.2 Å². The third-order valence-electron chi connectivity index (χ3n) is 2.81. The second-order valence-electron chi connectivity index (χ2n) is 4.20. The standard InChI is InChI=1S/C13H18N2O/c1-2-4-13(16)15-11-7-6-10-5-3-8-14-12(10)9-11/h6-7,9,14H,2-5,8H2,1H3,(H,15,16). The van der Waals surface area contributed by atoms with Crippen molar-refractivity contribution < 1.29 is 4.79 Å². The summed E-state index contributed by atoms with van der Waals surface area (Å²) in [5.74, 6) is 0.0956. The quantitative estimate of drug-likeness (QED) is 0.819. The lowest BCUT2D eigenvalue weighted by atomic mass is 10.0. The van der Waals surface area contributed by atoms with Crippen LogP contribution in [0.5, 0.6) is 0 Å². The lowest BCUT2D eigenvalue weighted by molar-refractivity contribution is -0.116. The first-order chi connectivity index (χ1) is 7.79. The van der Waals surface area contributed by atoms with Gasteiger partial charge in [0.05, 0.1) is 0 Å². The zero-order chi connectivity index (χ0) is 11.4. The van der Waals surface area contributed by atoms with Gasteiger partial charge >= 0.3 is 0 Å². The van der Waals surface area contributed by atoms with E-state index in [9.17, 15) is 4.79 Å². The lowest BCUT2D eigenvalue weighted by Crippen LogP contribution is -2.14. The second-order valence-corrected chi connectivity index (χ2v) is 4.20. The van der Waals surface area contributed by atoms with Gasteiger partial charge in [-0.3, -0.25) is 4.79 Å². The predicted octanol–water partition coefficient (Wildman–Crippen LogP) is 2.78. The Hall–Kier alpha value is -1.51. The number of hydrogen-bond donors (Lipinski definition) is 2. The summed E-state index contributed by atoms with van der Waals surface area (Å²) in [5.41, 5.74) is 3.41. The van der Waals surface area contributed by atoms with Crippen molar-refractivity contribution in [2.45, 2.75) is 32.6 Å². The van der Waals surface area contributed by atoms with Gasteiger partial charge in [0, 0.05) is 24.3 Å². The third kappa shape index (κ3) is 2.54. The normalized spacial score (nSPS) is 13.8. The Bertz CT molecular complexity index is 388. The van der Waals surface area contributed by atoms with E-state index in [2.05, 4.69) is 16.7 Å². The Balaban J connectivity index is 2.08. The van der Waals surface area contributed by atoms with E-state index in [1.54, 1.807) is 0 Å². The van der Waals surface area contributed by atoms with E-state index in [0.29, 0.717) is 6.42 Å². The number of aryl methyl sites for hydroxylation is 1. The summed E-state index contributed by atoms with van der Waals surface area (Å²) in [4.78, 5) is 11.4. The Kier molecular flexibility index (Phi) is 3.44. The van der Waals surface area contributed by atoms with Gasteiger partial charge in [-0.05, 0) is 37.0 Å². The number of carbonyl (C=O) groups excluding carboxylic acids is 1. The van der Waals surface area contributed by atoms with Crippen LogP contribution < -0.4 is 10.6 Å². The molecule has 1 heterocycles. The van der Waals surface area contributed by atoms with Crippen molar-refractivity contribution in [2.24, 2.45) is 0 Å². The van der Waals surface area contributed by atoms with Crippen LogP contribution in [0.4, 0.5) is 11.4 Å². The molecule has 0 unspecified atom stereocenters. The summed E-state index contributed by atoms with van der Waals surface area (Å²) in [7, 11) is 0. The molecule has 0 spiro atoms. The van der Waals surface area contributed by atoms with E-state index in [1.807, 2.05) is 19.1 Å². The molecule has 2 rings (SSSR count). The number of fused-ring (bicyclic) bond motifs is 1. The molecule has 0 atom stereocenters. The maximum atomic E-state index is 11.4. The maximum Gasteiger partial charge on any atom is 0.224 e. The molecule has 2 N–H and O–H groups in total. The molecule has 0 fully saturated rings. The molecule has 1 aromatic rings. The number of rotatable bonds is 3. The van der Waals surface area contributed by atoms with Crippen LogP contribution in [-0.4, -0.2) is 12.5 Å². The highest BCUT2D eigenvalue weighted by Crippen LogP contribution is 2.25. The van der Waals surface area contributed by atoms with Gasteiger partial charge in [-0.15, -0.1) is 0 Å². The molecule has 0 saturated carbocycles. The molecule has 0 bridgehead atoms. The molecule has 0 radical (unpaired) electrons. The first-order valence-corrected chi connectivity index (χ1v) is 5.96. The van der Waals surface area contributed by atoms with Gasteiger partial charge in [-0.1, -0.05) is 13.0 Å². The van der Waals surface area contributed by atoms with Crippen molar-refractivity contribution in [2.75, 3.05) is 17.2 Å². The van der Waals surface area contributed by atoms with Gasteiger partial charge in [-0.25, -0.2) is 0 Å². The highest BCUT2D eigenvalue weighted by atomic mass is 16.1. The van der Waals surface area contributed by atoms with E-state index in [4.69, 9.17) is 0 Å². The smallest absolute Gasteiger partial charge is 0.224 e. The lowest BCUT2D eigenvalue weighted by Gasteiger charge is -2.18. The minimum Gasteiger partial charge on any atom is -0.385 e. The average Bonchev–Trinajstić information content (AvgIpc) is 2.29. The highest BCUT2D eigenvalue weighted by molar-refractivity contribution is 5.91. The molecule has 0 aromatic heterocycles. The largest absolute Gasteiger partial charge is 0.385 e. The van der Waals surface area contributed by atoms with Crippen LogP contribution >= 0.6 is 0 Å². The van der Waals surface area contributed by atoms with Crippen LogP contribution in [0.1, 0.15) is 31.7 Å². The van der Waals surface area contributed by atoms with Crippen LogP contribution in [0.2, 0.25) is 0 Å². The van der Waals surface area contributed by atoms with Gasteiger partial charge in [0.1, 0.15) is 0 Å². The third-order valence-corrected chi connectivity index (χ3v) is 2.81. The number of amides is 1. The van der Waals surface area contributed by atoms with E-state index in [0.717, 1.165) is 25.1 Å². The van der Waals surface area contributed by atoms with E-state index in [-0.39, 0.29) is 5.91 Å². The summed E-state index contributed by atoms with van der Waals surface area (Å²) in [6.07, 6.45) is 3.79. The van der Waals surface area contributed by atoms with Gasteiger partial charge in [0.2, 0.25) is 5.91 Å². The summed E-state index contributed by atoms with van der Waals surface area (Å²) >= 11 is 0. The Morgan fingerprint density at radius 1 is 1.50 bits per heavy atom. The van der Waals surface area contributed by atoms with Crippen molar-refractivity contribution in [3.05, 3.63) is 23.8 Å². The number of nitrogens with one attached hydrogen (secondary N) is 2. The van der Waals surface area contributed by atoms with Gasteiger partial charge in [0.15, 0.2) is 0 Å². The van der Waals surface area contributed by atoms with Crippen LogP contribution in [0.15, 0.2) is 18.2 Å². The maximum absolute atomic E-state index is 11.4. The van der Waals surface area contributed by atoms with Crippen molar-refractivity contribution >= 4 is 17.3 Å². The molecule has 0 aliphatic carbocycles. The fourth-order valence-electron chi connectivity index (χ4n) is 1.99. The zero-order valence-corrected chi connectivity index (χ0v) is 9.68. The summed E-state index contributed by atoms with van der Waals surface area (Å²) in [5, 5.41) is 6.27. The number of benzene rings is 1. The summed E-state index contributed by atoms with van der Waals surface area (Å²) in [6.45, 7) is 3.04. The van der Waals surface area contributed by atoms with Gasteiger partial charge in [0.25, 0.3) is 0 Å². The van der Waals surface area contributed by atoms with Crippen LogP contribution in [-0.2, 0) is 11.2 Å². The van der Waals surface area contributed by atoms with Crippen LogP contribution in [0, 0.1) is 0 Å². The molecule has 1 aromatic carbocycles. The molecule has 1 amide bonds. The van der Waals surface area contributed by atoms with Crippen LogP contribution in [0.25, 0.3) is 0 Å². The molecule has 1 aliphatic heterocycles. The molecule has 3 nitrogen and oxygen atoms in total. The monoisotopic (exact) mass is 218 g/mol. The predicted molar refractivity (Wildman–Crippen MR) is 66.8 cm³/mol. The molecule has 3 heteroatoms. The van der Waals surface area contributed by atoms with Crippen LogP contribution in [0.3, 0.4) is 0 Å². The van der Waals surface area contributed by atoms with E-state index < -0.39 is 0 Å². The molecule has 1 aliphatic rings. The van der Waals surface area contributed by atoms with Gasteiger partial charge < -0.3 is 10.6 Å². The summed E-state index contributed by atoms with van der Waals surface area (Å²) in [6, 6.07) is 6.12. The molecule has 86 valence electrons. The fraction of sp³-hybridized carbons (Fsp3) is 0.462. The number of hydrogen-bond acceptors (Lipinski definition) is 2. The van der Waals surface area contributed by atoms with Crippen molar-refractivity contribution in [1.82, 2.24) is 0 Å². The molecule has 16 heavy (non-hydrogen) atoms. The highest BCUT2D eigenvalue weighted by Gasteiger charge is 2.09. The topological polar surface area (TPSA) is 41.1 Å². The van der Waals surface area contributed by atoms with E-state index in [1.165, 1.54) is 17.7 Å². The second kappa shape index (κ2) is 5.01. The Morgan fingerprint density at radius 2 is 2.38 bits per heavy atom. The minimum atomic E-state index is 0.0956. The van der Waals surface area contributed by atoms with E-state index >= 15 is 0 Å². The zero-order valence-electron chi connectivity index (χ0n) is 9.68. The van der Waals surface area contributed by atoms with Crippen molar-refractivity contribution in [1.29, 1.82) is 0 Å². The van der Waals surface area contributed by atoms with Crippen molar-refractivity contribution in [3.8, 4) is 0 Å². The fourth-order valence-corrected chi connectivity index (χ4v) is 1.99. The van der Waals surface area contributed by atoms with Gasteiger partial charge in [-0.2, -0.15) is 0 Å². The number of carbonyl (C=O) groups is 1.